The molecule has 0 aliphatic carbocycles. The highest BCUT2D eigenvalue weighted by atomic mass is 35.5. The maximum absolute atomic E-state index is 13.3. The molecule has 0 aliphatic rings. The topological polar surface area (TPSA) is 125 Å². The second-order valence-electron chi connectivity index (χ2n) is 7.47. The van der Waals surface area contributed by atoms with E-state index in [9.17, 15) is 4.79 Å². The minimum Gasteiger partial charge on any atom is -0.473 e. The minimum absolute atomic E-state index is 0.0585. The van der Waals surface area contributed by atoms with Gasteiger partial charge in [0.1, 0.15) is 11.3 Å². The van der Waals surface area contributed by atoms with E-state index in [0.717, 1.165) is 28.8 Å². The van der Waals surface area contributed by atoms with Crippen LogP contribution in [-0.4, -0.2) is 63.8 Å². The first-order valence-electron chi connectivity index (χ1n) is 10.2. The second-order valence-corrected chi connectivity index (χ2v) is 7.91. The molecule has 0 bridgehead atoms. The molecule has 1 aromatic carbocycles. The largest absolute Gasteiger partial charge is 0.473 e. The molecule has 0 fully saturated rings. The first kappa shape index (κ1) is 25.8. The van der Waals surface area contributed by atoms with Crippen LogP contribution in [0.5, 0.6) is 0 Å². The summed E-state index contributed by atoms with van der Waals surface area (Å²) in [5, 5.41) is 19.7. The van der Waals surface area contributed by atoms with Crippen molar-refractivity contribution in [3.63, 3.8) is 0 Å². The lowest BCUT2D eigenvalue weighted by Crippen LogP contribution is -2.28. The number of carboxylic acids is 2. The van der Waals surface area contributed by atoms with Crippen LogP contribution < -0.4 is 10.9 Å². The Kier molecular flexibility index (Phi) is 8.95. The Morgan fingerprint density at radius 1 is 1.15 bits per heavy atom. The molecule has 0 atom stereocenters. The van der Waals surface area contributed by atoms with E-state index < -0.39 is 11.9 Å². The molecular formula is C23H27ClN4O5. The molecule has 0 radical (unpaired) electrons. The highest BCUT2D eigenvalue weighted by Gasteiger charge is 2.19. The second kappa shape index (κ2) is 11.4. The molecule has 33 heavy (non-hydrogen) atoms. The van der Waals surface area contributed by atoms with Gasteiger partial charge in [-0.05, 0) is 57.8 Å². The molecule has 0 amide bonds. The minimum atomic E-state index is -1.82. The van der Waals surface area contributed by atoms with Crippen LogP contribution in [0.15, 0.2) is 41.2 Å². The fraction of sp³-hybridized carbons (Fsp3) is 0.304. The lowest BCUT2D eigenvalue weighted by atomic mass is 10.00. The molecule has 0 spiro atoms. The first-order valence-corrected chi connectivity index (χ1v) is 10.6. The Balaban J connectivity index is 0.000000569. The van der Waals surface area contributed by atoms with Gasteiger partial charge in [0.25, 0.3) is 5.56 Å². The zero-order valence-corrected chi connectivity index (χ0v) is 19.7. The van der Waals surface area contributed by atoms with Crippen molar-refractivity contribution in [2.24, 2.45) is 0 Å². The summed E-state index contributed by atoms with van der Waals surface area (Å²) in [4.78, 5) is 38.2. The van der Waals surface area contributed by atoms with E-state index in [4.69, 9.17) is 31.4 Å². The fourth-order valence-corrected chi connectivity index (χ4v) is 3.41. The molecule has 2 aromatic heterocycles. The number of hydrogen-bond acceptors (Lipinski definition) is 6. The van der Waals surface area contributed by atoms with E-state index in [1.807, 2.05) is 64.3 Å². The van der Waals surface area contributed by atoms with Gasteiger partial charge >= 0.3 is 11.9 Å². The predicted molar refractivity (Wildman–Crippen MR) is 129 cm³/mol. The van der Waals surface area contributed by atoms with Crippen LogP contribution in [0.3, 0.4) is 0 Å². The number of halogens is 1. The van der Waals surface area contributed by atoms with Crippen LogP contribution in [-0.2, 0) is 16.1 Å². The number of aryl methyl sites for hydroxylation is 2. The Morgan fingerprint density at radius 2 is 1.82 bits per heavy atom. The summed E-state index contributed by atoms with van der Waals surface area (Å²) in [6.45, 7) is 5.96. The van der Waals surface area contributed by atoms with Crippen molar-refractivity contribution in [3.8, 4) is 11.1 Å². The molecule has 3 aromatic rings. The molecule has 0 aliphatic heterocycles. The van der Waals surface area contributed by atoms with Gasteiger partial charge in [-0.15, -0.1) is 0 Å². The van der Waals surface area contributed by atoms with Crippen molar-refractivity contribution in [2.75, 3.05) is 32.5 Å². The Labute approximate surface area is 196 Å². The molecule has 176 valence electrons. The average molecular weight is 475 g/mol. The predicted octanol–water partition coefficient (Wildman–Crippen LogP) is 3.17. The molecule has 3 rings (SSSR count). The summed E-state index contributed by atoms with van der Waals surface area (Å²) in [5.74, 6) is -3.65. The number of nitrogens with zero attached hydrogens (tertiary/aromatic N) is 3. The maximum Gasteiger partial charge on any atom is 0.414 e. The van der Waals surface area contributed by atoms with Gasteiger partial charge in [0.15, 0.2) is 0 Å². The number of benzene rings is 1. The maximum atomic E-state index is 13.3. The number of fused-ring (bicyclic) bond motifs is 1. The standard InChI is InChI=1S/C21H25ClN4O.C2H2O4/c1-5-26-20-17(10-9-14(2)24-20)18(15-7-6-8-16(22)13-15)19(21(26)27)23-11-12-25(3)4;3-1(4)2(5)6/h6-10,13,23H,5,11-12H2,1-4H3;(H,3,4)(H,5,6). The number of anilines is 1. The summed E-state index contributed by atoms with van der Waals surface area (Å²) in [6.07, 6.45) is 0. The number of likely N-dealkylation sites (N-methyl/N-ethyl adjacent to an activating group) is 1. The third kappa shape index (κ3) is 6.53. The number of aromatic nitrogens is 2. The third-order valence-electron chi connectivity index (χ3n) is 4.72. The van der Waals surface area contributed by atoms with Gasteiger partial charge in [-0.3, -0.25) is 9.36 Å². The Morgan fingerprint density at radius 3 is 2.36 bits per heavy atom. The van der Waals surface area contributed by atoms with E-state index in [-0.39, 0.29) is 5.56 Å². The van der Waals surface area contributed by atoms with Crippen molar-refractivity contribution in [2.45, 2.75) is 20.4 Å². The van der Waals surface area contributed by atoms with Crippen molar-refractivity contribution in [1.29, 1.82) is 0 Å². The zero-order chi connectivity index (χ0) is 24.7. The van der Waals surface area contributed by atoms with Crippen LogP contribution in [0, 0.1) is 6.92 Å². The lowest BCUT2D eigenvalue weighted by Gasteiger charge is -2.19. The van der Waals surface area contributed by atoms with Gasteiger partial charge in [-0.2, -0.15) is 0 Å². The number of carboxylic acid groups (broad SMARTS) is 2. The highest BCUT2D eigenvalue weighted by molar-refractivity contribution is 6.31. The molecule has 9 nitrogen and oxygen atoms in total. The van der Waals surface area contributed by atoms with Gasteiger partial charge in [0.2, 0.25) is 0 Å². The number of nitrogens with one attached hydrogen (secondary N) is 1. The first-order chi connectivity index (χ1) is 15.6. The molecular weight excluding hydrogens is 448 g/mol. The van der Waals surface area contributed by atoms with Gasteiger partial charge in [0, 0.05) is 41.3 Å². The number of pyridine rings is 2. The third-order valence-corrected chi connectivity index (χ3v) is 4.96. The summed E-state index contributed by atoms with van der Waals surface area (Å²) in [6, 6.07) is 11.6. The number of aliphatic carboxylic acids is 2. The van der Waals surface area contributed by atoms with E-state index >= 15 is 0 Å². The summed E-state index contributed by atoms with van der Waals surface area (Å²) < 4.78 is 1.73. The molecule has 0 unspecified atom stereocenters. The van der Waals surface area contributed by atoms with Crippen molar-refractivity contribution < 1.29 is 19.8 Å². The SMILES string of the molecule is CCn1c(=O)c(NCCN(C)C)c(-c2cccc(Cl)c2)c2ccc(C)nc21.O=C(O)C(=O)O. The fourth-order valence-electron chi connectivity index (χ4n) is 3.22. The monoisotopic (exact) mass is 474 g/mol. The van der Waals surface area contributed by atoms with Crippen LogP contribution in [0.25, 0.3) is 22.2 Å². The number of carbonyl (C=O) groups is 2. The van der Waals surface area contributed by atoms with E-state index in [2.05, 4.69) is 15.2 Å². The molecule has 10 heteroatoms. The van der Waals surface area contributed by atoms with Crippen LogP contribution in [0.4, 0.5) is 5.69 Å². The lowest BCUT2D eigenvalue weighted by molar-refractivity contribution is -0.159. The number of rotatable bonds is 6. The molecule has 0 saturated heterocycles. The normalized spacial score (nSPS) is 10.6. The van der Waals surface area contributed by atoms with E-state index in [1.165, 1.54) is 0 Å². The van der Waals surface area contributed by atoms with Crippen molar-refractivity contribution in [1.82, 2.24) is 14.5 Å². The van der Waals surface area contributed by atoms with E-state index in [0.29, 0.717) is 29.4 Å². The van der Waals surface area contributed by atoms with Crippen LogP contribution >= 0.6 is 11.6 Å². The van der Waals surface area contributed by atoms with Crippen molar-refractivity contribution >= 4 is 40.3 Å². The van der Waals surface area contributed by atoms with Gasteiger partial charge in [-0.1, -0.05) is 23.7 Å². The average Bonchev–Trinajstić information content (AvgIpc) is 2.74. The molecule has 2 heterocycles. The van der Waals surface area contributed by atoms with Crippen molar-refractivity contribution in [3.05, 3.63) is 57.5 Å². The van der Waals surface area contributed by atoms with Gasteiger partial charge < -0.3 is 20.4 Å². The molecule has 3 N–H and O–H groups in total. The Bertz CT molecular complexity index is 1210. The quantitative estimate of drug-likeness (QED) is 0.465. The van der Waals surface area contributed by atoms with Gasteiger partial charge in [-0.25, -0.2) is 14.6 Å². The number of hydrogen-bond donors (Lipinski definition) is 3. The zero-order valence-electron chi connectivity index (χ0n) is 18.9. The van der Waals surface area contributed by atoms with Crippen LogP contribution in [0.2, 0.25) is 5.02 Å². The molecule has 0 saturated carbocycles. The van der Waals surface area contributed by atoms with Crippen LogP contribution in [0.1, 0.15) is 12.6 Å². The highest BCUT2D eigenvalue weighted by Crippen LogP contribution is 2.34. The summed E-state index contributed by atoms with van der Waals surface area (Å²) in [7, 11) is 4.02. The Hall–Kier alpha value is -3.43. The smallest absolute Gasteiger partial charge is 0.414 e. The van der Waals surface area contributed by atoms with Gasteiger partial charge in [0.05, 0.1) is 0 Å². The van der Waals surface area contributed by atoms with E-state index in [1.54, 1.807) is 4.57 Å². The summed E-state index contributed by atoms with van der Waals surface area (Å²) in [5.41, 5.74) is 3.89. The summed E-state index contributed by atoms with van der Waals surface area (Å²) >= 11 is 6.24.